The largest absolute Gasteiger partial charge is 0.427 e. The molecule has 1 atom stereocenters. The third kappa shape index (κ3) is 2.29. The molecular weight excluding hydrogens is 218 g/mol. The van der Waals surface area contributed by atoms with Crippen molar-refractivity contribution in [3.63, 3.8) is 0 Å². The molecule has 1 aromatic carbocycles. The Morgan fingerprint density at radius 2 is 2.00 bits per heavy atom. The lowest BCUT2D eigenvalue weighted by Crippen LogP contribution is -3.13. The molecule has 2 N–H and O–H groups in total. The Labute approximate surface area is 96.1 Å². The maximum absolute atomic E-state index is 12.1. The van der Waals surface area contributed by atoms with Gasteiger partial charge in [-0.1, -0.05) is 18.2 Å². The summed E-state index contributed by atoms with van der Waals surface area (Å²) in [6.07, 6.45) is 4.32. The van der Waals surface area contributed by atoms with Gasteiger partial charge in [0.2, 0.25) is 8.32 Å². The van der Waals surface area contributed by atoms with Crippen LogP contribution in [0.5, 0.6) is 0 Å². The van der Waals surface area contributed by atoms with Crippen molar-refractivity contribution in [1.82, 2.24) is 0 Å². The Kier molecular flexibility index (Phi) is 2.80. The van der Waals surface area contributed by atoms with E-state index >= 15 is 0 Å². The second kappa shape index (κ2) is 3.97. The van der Waals surface area contributed by atoms with Gasteiger partial charge in [-0.15, -0.1) is 0 Å². The smallest absolute Gasteiger partial charge is 0.349 e. The van der Waals surface area contributed by atoms with E-state index in [4.69, 9.17) is 0 Å². The van der Waals surface area contributed by atoms with Crippen LogP contribution in [0.1, 0.15) is 15.9 Å². The van der Waals surface area contributed by atoms with Crippen LogP contribution in [0, 0.1) is 0 Å². The average Bonchev–Trinajstić information content (AvgIpc) is 2.21. The highest BCUT2D eigenvalue weighted by Gasteiger charge is 2.32. The Hall–Kier alpha value is -1.23. The molecule has 0 bridgehead atoms. The first-order valence-electron chi connectivity index (χ1n) is 5.37. The highest BCUT2D eigenvalue weighted by Crippen LogP contribution is 2.11. The molecule has 2 rings (SSSR count). The maximum atomic E-state index is 12.1. The highest BCUT2D eigenvalue weighted by atomic mass is 28.4. The van der Waals surface area contributed by atoms with Crippen LogP contribution in [0.4, 0.5) is 0 Å². The molecule has 0 saturated carbocycles. The van der Waals surface area contributed by atoms with Crippen LogP contribution in [-0.2, 0) is 0 Å². The molecule has 1 amide bonds. The fourth-order valence-electron chi connectivity index (χ4n) is 1.89. The fourth-order valence-corrected chi connectivity index (χ4v) is 3.10. The van der Waals surface area contributed by atoms with Crippen LogP contribution in [0.2, 0.25) is 13.1 Å². The van der Waals surface area contributed by atoms with Gasteiger partial charge in [-0.3, -0.25) is 0 Å². The summed E-state index contributed by atoms with van der Waals surface area (Å²) >= 11 is 0. The zero-order chi connectivity index (χ0) is 11.8. The van der Waals surface area contributed by atoms with Crippen LogP contribution >= 0.6 is 0 Å². The third-order valence-electron chi connectivity index (χ3n) is 2.58. The van der Waals surface area contributed by atoms with Gasteiger partial charge in [0.25, 0.3) is 0 Å². The summed E-state index contributed by atoms with van der Waals surface area (Å²) < 4.78 is 0. The van der Waals surface area contributed by atoms with Gasteiger partial charge in [0, 0.05) is 0 Å². The van der Waals surface area contributed by atoms with E-state index in [1.54, 1.807) is 0 Å². The molecule has 0 aromatic heterocycles. The molecule has 4 heteroatoms. The number of rotatable bonds is 2. The third-order valence-corrected chi connectivity index (χ3v) is 3.83. The van der Waals surface area contributed by atoms with Crippen molar-refractivity contribution in [2.24, 2.45) is 0 Å². The summed E-state index contributed by atoms with van der Waals surface area (Å²) in [4.78, 5) is 22.7. The first kappa shape index (κ1) is 11.3. The van der Waals surface area contributed by atoms with Crippen LogP contribution in [-0.4, -0.2) is 25.2 Å². The minimum absolute atomic E-state index is 0.0627. The van der Waals surface area contributed by atoms with E-state index < -0.39 is 8.32 Å². The molecule has 1 unspecified atom stereocenters. The fraction of sp³-hybridized carbons (Fsp3) is 0.250. The molecule has 0 aliphatic carbocycles. The molecule has 16 heavy (non-hydrogen) atoms. The van der Waals surface area contributed by atoms with E-state index in [-0.39, 0.29) is 5.91 Å². The predicted octanol–water partition coefficient (Wildman–Crippen LogP) is 0.433. The quantitative estimate of drug-likeness (QED) is 0.729. The van der Waals surface area contributed by atoms with Crippen molar-refractivity contribution in [3.8, 4) is 0 Å². The summed E-state index contributed by atoms with van der Waals surface area (Å²) in [5.74, 6) is 0.0627. The van der Waals surface area contributed by atoms with Gasteiger partial charge in [-0.2, -0.15) is 0 Å². The number of fused-ring (bicyclic) bond motifs is 1. The summed E-state index contributed by atoms with van der Waals surface area (Å²) in [5, 5.41) is 0. The van der Waals surface area contributed by atoms with Gasteiger partial charge in [-0.05, 0) is 30.8 Å². The number of hydrogen-bond donors (Lipinski definition) is 2. The SMILES string of the molecule is C[Si](C)(O)C[NH+]1C=Cc2ccccc2C1=O. The van der Waals surface area contributed by atoms with Crippen LogP contribution < -0.4 is 4.90 Å². The van der Waals surface area contributed by atoms with E-state index in [2.05, 4.69) is 0 Å². The Bertz CT molecular complexity index is 449. The number of nitrogens with one attached hydrogen (secondary N) is 1. The standard InChI is InChI=1S/C12H15NO2Si/c1-16(2,15)9-13-8-7-10-5-3-4-6-11(10)12(13)14/h3-8,15H,9H2,1-2H3/p+1. The number of amides is 1. The zero-order valence-corrected chi connectivity index (χ0v) is 10.5. The molecule has 84 valence electrons. The van der Waals surface area contributed by atoms with Gasteiger partial charge in [-0.25, -0.2) is 9.69 Å². The van der Waals surface area contributed by atoms with E-state index in [1.807, 2.05) is 49.6 Å². The molecule has 1 aromatic rings. The highest BCUT2D eigenvalue weighted by molar-refractivity contribution is 6.69. The number of carbonyl (C=O) groups is 1. The predicted molar refractivity (Wildman–Crippen MR) is 65.3 cm³/mol. The summed E-state index contributed by atoms with van der Waals surface area (Å²) in [7, 11) is -2.22. The molecule has 0 radical (unpaired) electrons. The number of carbonyl (C=O) groups excluding carboxylic acids is 1. The van der Waals surface area contributed by atoms with Crippen molar-refractivity contribution in [2.75, 3.05) is 6.17 Å². The van der Waals surface area contributed by atoms with Gasteiger partial charge < -0.3 is 4.80 Å². The molecule has 1 heterocycles. The van der Waals surface area contributed by atoms with Gasteiger partial charge in [0.15, 0.2) is 0 Å². The van der Waals surface area contributed by atoms with Crippen molar-refractivity contribution in [3.05, 3.63) is 41.6 Å². The Morgan fingerprint density at radius 1 is 1.31 bits per heavy atom. The molecular formula is C12H16NO2Si+. The number of hydrogen-bond acceptors (Lipinski definition) is 2. The molecule has 1 aliphatic heterocycles. The molecule has 0 fully saturated rings. The number of quaternary nitrogens is 1. The Morgan fingerprint density at radius 3 is 2.69 bits per heavy atom. The van der Waals surface area contributed by atoms with Crippen molar-refractivity contribution < 1.29 is 14.5 Å². The second-order valence-electron chi connectivity index (χ2n) is 4.76. The molecule has 3 nitrogen and oxygen atoms in total. The second-order valence-corrected chi connectivity index (χ2v) is 8.74. The first-order valence-corrected chi connectivity index (χ1v) is 8.53. The lowest BCUT2D eigenvalue weighted by atomic mass is 10.0. The summed E-state index contributed by atoms with van der Waals surface area (Å²) in [6.45, 7) is 3.70. The number of benzene rings is 1. The summed E-state index contributed by atoms with van der Waals surface area (Å²) in [6, 6.07) is 7.57. The van der Waals surface area contributed by atoms with E-state index in [1.165, 1.54) is 0 Å². The normalized spacial score (nSPS) is 19.7. The van der Waals surface area contributed by atoms with Crippen molar-refractivity contribution in [1.29, 1.82) is 0 Å². The van der Waals surface area contributed by atoms with Gasteiger partial charge in [0.05, 0.1) is 5.56 Å². The van der Waals surface area contributed by atoms with E-state index in [9.17, 15) is 9.59 Å². The molecule has 0 saturated heterocycles. The monoisotopic (exact) mass is 234 g/mol. The van der Waals surface area contributed by atoms with Crippen LogP contribution in [0.15, 0.2) is 30.5 Å². The Balaban J connectivity index is 2.28. The van der Waals surface area contributed by atoms with Crippen molar-refractivity contribution in [2.45, 2.75) is 13.1 Å². The lowest BCUT2D eigenvalue weighted by molar-refractivity contribution is -0.744. The lowest BCUT2D eigenvalue weighted by Gasteiger charge is -2.22. The van der Waals surface area contributed by atoms with E-state index in [0.717, 1.165) is 16.0 Å². The minimum Gasteiger partial charge on any atom is -0.427 e. The minimum atomic E-state index is -2.22. The van der Waals surface area contributed by atoms with E-state index in [0.29, 0.717) is 6.17 Å². The summed E-state index contributed by atoms with van der Waals surface area (Å²) in [5.41, 5.74) is 1.71. The molecule has 1 aliphatic rings. The van der Waals surface area contributed by atoms with Gasteiger partial charge in [0.1, 0.15) is 12.4 Å². The van der Waals surface area contributed by atoms with Crippen molar-refractivity contribution >= 4 is 20.3 Å². The van der Waals surface area contributed by atoms with Gasteiger partial charge >= 0.3 is 5.91 Å². The molecule has 0 spiro atoms. The first-order chi connectivity index (χ1) is 7.47. The topological polar surface area (TPSA) is 41.7 Å². The zero-order valence-electron chi connectivity index (χ0n) is 9.53. The van der Waals surface area contributed by atoms with Crippen LogP contribution in [0.3, 0.4) is 0 Å². The average molecular weight is 234 g/mol. The maximum Gasteiger partial charge on any atom is 0.349 e. The van der Waals surface area contributed by atoms with Crippen LogP contribution in [0.25, 0.3) is 6.08 Å².